The van der Waals surface area contributed by atoms with Crippen molar-refractivity contribution in [3.63, 3.8) is 0 Å². The Morgan fingerprint density at radius 2 is 1.67 bits per heavy atom. The fourth-order valence-corrected chi connectivity index (χ4v) is 2.65. The number of halogens is 3. The van der Waals surface area contributed by atoms with Gasteiger partial charge in [-0.05, 0) is 37.1 Å². The predicted octanol–water partition coefficient (Wildman–Crippen LogP) is 2.58. The van der Waals surface area contributed by atoms with Crippen molar-refractivity contribution in [3.8, 4) is 0 Å². The van der Waals surface area contributed by atoms with Gasteiger partial charge in [0.05, 0.1) is 5.54 Å². The highest BCUT2D eigenvalue weighted by molar-refractivity contribution is 5.99. The predicted molar refractivity (Wildman–Crippen MR) is 83.5 cm³/mol. The molecule has 0 saturated heterocycles. The first kappa shape index (κ1) is 18.3. The molecule has 1 saturated carbocycles. The van der Waals surface area contributed by atoms with E-state index in [1.165, 1.54) is 24.3 Å². The summed E-state index contributed by atoms with van der Waals surface area (Å²) in [5.74, 6) is -1.11. The van der Waals surface area contributed by atoms with E-state index in [9.17, 15) is 22.8 Å². The second kappa shape index (κ2) is 7.21. The number of anilines is 1. The van der Waals surface area contributed by atoms with E-state index in [2.05, 4.69) is 5.32 Å². The number of nitrogens with one attached hydrogen (secondary N) is 2. The molecule has 0 heterocycles. The van der Waals surface area contributed by atoms with Crippen molar-refractivity contribution >= 4 is 17.5 Å². The first-order chi connectivity index (χ1) is 11.2. The molecule has 0 bridgehead atoms. The number of hydrogen-bond donors (Lipinski definition) is 3. The minimum Gasteiger partial charge on any atom is -0.343 e. The molecule has 1 aromatic carbocycles. The van der Waals surface area contributed by atoms with E-state index in [0.29, 0.717) is 18.5 Å². The van der Waals surface area contributed by atoms with Crippen LogP contribution < -0.4 is 16.4 Å². The van der Waals surface area contributed by atoms with Crippen LogP contribution in [0.1, 0.15) is 42.5 Å². The quantitative estimate of drug-likeness (QED) is 0.786. The smallest absolute Gasteiger partial charge is 0.343 e. The van der Waals surface area contributed by atoms with Crippen molar-refractivity contribution in [1.82, 2.24) is 5.32 Å². The molecule has 2 amide bonds. The number of rotatable bonds is 4. The third-order valence-electron chi connectivity index (χ3n) is 4.05. The standard InChI is InChI=1S/C16H20F3N3O2/c17-16(18,19)10-21-13(23)11-4-6-12(7-5-11)22-14(24)15(20)8-2-1-3-9-15/h4-7H,1-3,8-10,20H2,(H,21,23)(H,22,24). The zero-order valence-corrected chi connectivity index (χ0v) is 13.1. The van der Waals surface area contributed by atoms with Crippen LogP contribution in [-0.2, 0) is 4.79 Å². The van der Waals surface area contributed by atoms with Crippen LogP contribution in [0.4, 0.5) is 18.9 Å². The maximum absolute atomic E-state index is 12.3. The van der Waals surface area contributed by atoms with Gasteiger partial charge >= 0.3 is 6.18 Å². The van der Waals surface area contributed by atoms with E-state index in [1.807, 2.05) is 0 Å². The molecule has 5 nitrogen and oxygen atoms in total. The van der Waals surface area contributed by atoms with Crippen molar-refractivity contribution in [2.45, 2.75) is 43.8 Å². The van der Waals surface area contributed by atoms with Gasteiger partial charge in [0.25, 0.3) is 5.91 Å². The molecule has 2 rings (SSSR count). The van der Waals surface area contributed by atoms with Crippen molar-refractivity contribution in [1.29, 1.82) is 0 Å². The van der Waals surface area contributed by atoms with Gasteiger partial charge < -0.3 is 16.4 Å². The lowest BCUT2D eigenvalue weighted by atomic mass is 9.82. The molecular weight excluding hydrogens is 323 g/mol. The second-order valence-electron chi connectivity index (χ2n) is 6.05. The number of hydrogen-bond acceptors (Lipinski definition) is 3. The van der Waals surface area contributed by atoms with Crippen molar-refractivity contribution < 1.29 is 22.8 Å². The van der Waals surface area contributed by atoms with Crippen LogP contribution in [0.2, 0.25) is 0 Å². The molecule has 0 unspecified atom stereocenters. The molecule has 8 heteroatoms. The topological polar surface area (TPSA) is 84.2 Å². The lowest BCUT2D eigenvalue weighted by molar-refractivity contribution is -0.123. The van der Waals surface area contributed by atoms with E-state index >= 15 is 0 Å². The minimum absolute atomic E-state index is 0.0809. The van der Waals surface area contributed by atoms with Gasteiger partial charge in [0, 0.05) is 11.3 Å². The van der Waals surface area contributed by atoms with Gasteiger partial charge in [0.2, 0.25) is 5.91 Å². The normalized spacial score (nSPS) is 17.2. The average Bonchev–Trinajstić information content (AvgIpc) is 2.53. The summed E-state index contributed by atoms with van der Waals surface area (Å²) >= 11 is 0. The van der Waals surface area contributed by atoms with Crippen molar-refractivity contribution in [3.05, 3.63) is 29.8 Å². The Labute approximate surface area is 137 Å². The third-order valence-corrected chi connectivity index (χ3v) is 4.05. The fourth-order valence-electron chi connectivity index (χ4n) is 2.65. The molecule has 0 aliphatic heterocycles. The number of amides is 2. The van der Waals surface area contributed by atoms with Gasteiger partial charge in [0.1, 0.15) is 6.54 Å². The molecular formula is C16H20F3N3O2. The number of carbonyl (C=O) groups is 2. The van der Waals surface area contributed by atoms with Gasteiger partial charge in [-0.15, -0.1) is 0 Å². The van der Waals surface area contributed by atoms with Crippen LogP contribution in [0, 0.1) is 0 Å². The molecule has 132 valence electrons. The molecule has 0 radical (unpaired) electrons. The van der Waals surface area contributed by atoms with Gasteiger partial charge in [0.15, 0.2) is 0 Å². The molecule has 1 aliphatic rings. The van der Waals surface area contributed by atoms with E-state index in [1.54, 1.807) is 5.32 Å². The third kappa shape index (κ3) is 4.95. The highest BCUT2D eigenvalue weighted by Gasteiger charge is 2.35. The molecule has 1 fully saturated rings. The zero-order valence-electron chi connectivity index (χ0n) is 13.1. The summed E-state index contributed by atoms with van der Waals surface area (Å²) in [5, 5.41) is 4.48. The summed E-state index contributed by atoms with van der Waals surface area (Å²) in [6.07, 6.45) is -0.342. The lowest BCUT2D eigenvalue weighted by Gasteiger charge is -2.31. The largest absolute Gasteiger partial charge is 0.405 e. The summed E-state index contributed by atoms with van der Waals surface area (Å²) in [5.41, 5.74) is 5.77. The van der Waals surface area contributed by atoms with Crippen LogP contribution in [0.15, 0.2) is 24.3 Å². The molecule has 0 spiro atoms. The number of alkyl halides is 3. The molecule has 24 heavy (non-hydrogen) atoms. The summed E-state index contributed by atoms with van der Waals surface area (Å²) in [6.45, 7) is -1.39. The Kier molecular flexibility index (Phi) is 5.48. The summed E-state index contributed by atoms with van der Waals surface area (Å²) < 4.78 is 36.2. The zero-order chi connectivity index (χ0) is 17.8. The lowest BCUT2D eigenvalue weighted by Crippen LogP contribution is -2.52. The SMILES string of the molecule is NC1(C(=O)Nc2ccc(C(=O)NCC(F)(F)F)cc2)CCCCC1. The Morgan fingerprint density at radius 1 is 1.08 bits per heavy atom. The highest BCUT2D eigenvalue weighted by atomic mass is 19.4. The fraction of sp³-hybridized carbons (Fsp3) is 0.500. The molecule has 1 aromatic rings. The maximum atomic E-state index is 12.3. The van der Waals surface area contributed by atoms with E-state index in [-0.39, 0.29) is 11.5 Å². The Hall–Kier alpha value is -2.09. The van der Waals surface area contributed by atoms with Crippen molar-refractivity contribution in [2.24, 2.45) is 5.73 Å². The molecule has 1 aliphatic carbocycles. The van der Waals surface area contributed by atoms with Crippen molar-refractivity contribution in [2.75, 3.05) is 11.9 Å². The second-order valence-corrected chi connectivity index (χ2v) is 6.05. The van der Waals surface area contributed by atoms with Gasteiger partial charge in [-0.25, -0.2) is 0 Å². The Balaban J connectivity index is 1.94. The molecule has 4 N–H and O–H groups in total. The monoisotopic (exact) mass is 343 g/mol. The molecule has 0 aromatic heterocycles. The Bertz CT molecular complexity index is 594. The van der Waals surface area contributed by atoms with E-state index in [4.69, 9.17) is 5.73 Å². The van der Waals surface area contributed by atoms with Gasteiger partial charge in [-0.2, -0.15) is 13.2 Å². The van der Waals surface area contributed by atoms with Gasteiger partial charge in [-0.3, -0.25) is 9.59 Å². The summed E-state index contributed by atoms with van der Waals surface area (Å²) in [6, 6.07) is 5.63. The number of carbonyl (C=O) groups excluding carboxylic acids is 2. The van der Waals surface area contributed by atoms with Crippen LogP contribution in [0.25, 0.3) is 0 Å². The van der Waals surface area contributed by atoms with Crippen LogP contribution in [0.3, 0.4) is 0 Å². The van der Waals surface area contributed by atoms with Crippen LogP contribution >= 0.6 is 0 Å². The number of nitrogens with two attached hydrogens (primary N) is 1. The highest BCUT2D eigenvalue weighted by Crippen LogP contribution is 2.27. The summed E-state index contributed by atoms with van der Waals surface area (Å²) in [4.78, 5) is 23.9. The van der Waals surface area contributed by atoms with Crippen LogP contribution in [-0.4, -0.2) is 30.1 Å². The maximum Gasteiger partial charge on any atom is 0.405 e. The minimum atomic E-state index is -4.46. The first-order valence-corrected chi connectivity index (χ1v) is 7.75. The molecule has 0 atom stereocenters. The summed E-state index contributed by atoms with van der Waals surface area (Å²) in [7, 11) is 0. The van der Waals surface area contributed by atoms with Crippen LogP contribution in [0.5, 0.6) is 0 Å². The number of benzene rings is 1. The van der Waals surface area contributed by atoms with Gasteiger partial charge in [-0.1, -0.05) is 19.3 Å². The van der Waals surface area contributed by atoms with E-state index in [0.717, 1.165) is 19.3 Å². The van der Waals surface area contributed by atoms with E-state index < -0.39 is 24.2 Å². The first-order valence-electron chi connectivity index (χ1n) is 7.75. The Morgan fingerprint density at radius 3 is 2.21 bits per heavy atom. The average molecular weight is 343 g/mol.